The molecule has 0 aromatic heterocycles. The first-order chi connectivity index (χ1) is 9.50. The topological polar surface area (TPSA) is 64.3 Å². The second-order valence-corrected chi connectivity index (χ2v) is 6.49. The van der Waals surface area contributed by atoms with Crippen LogP contribution in [0.5, 0.6) is 0 Å². The summed E-state index contributed by atoms with van der Waals surface area (Å²) in [7, 11) is 0. The Morgan fingerprint density at radius 3 is 3.05 bits per heavy atom. The molecule has 1 heterocycles. The normalized spacial score (nSPS) is 30.6. The lowest BCUT2D eigenvalue weighted by Gasteiger charge is -2.55. The second-order valence-electron chi connectivity index (χ2n) is 6.49. The van der Waals surface area contributed by atoms with Gasteiger partial charge in [0.25, 0.3) is 0 Å². The summed E-state index contributed by atoms with van der Waals surface area (Å²) in [6.07, 6.45) is 1.55. The Kier molecular flexibility index (Phi) is 3.30. The fourth-order valence-corrected chi connectivity index (χ4v) is 3.80. The van der Waals surface area contributed by atoms with Crippen LogP contribution in [-0.2, 0) is 11.3 Å². The molecule has 1 saturated carbocycles. The molecule has 0 radical (unpaired) electrons. The maximum absolute atomic E-state index is 11.2. The highest BCUT2D eigenvalue weighted by atomic mass is 16.5. The van der Waals surface area contributed by atoms with Crippen molar-refractivity contribution in [2.24, 2.45) is 17.1 Å². The predicted molar refractivity (Wildman–Crippen MR) is 77.2 cm³/mol. The summed E-state index contributed by atoms with van der Waals surface area (Å²) in [5, 5.41) is 3.63. The van der Waals surface area contributed by atoms with Gasteiger partial charge in [-0.2, -0.15) is 0 Å². The van der Waals surface area contributed by atoms with Crippen LogP contribution < -0.4 is 11.1 Å². The van der Waals surface area contributed by atoms with Crippen molar-refractivity contribution in [3.63, 3.8) is 0 Å². The first-order valence-electron chi connectivity index (χ1n) is 7.24. The summed E-state index contributed by atoms with van der Waals surface area (Å²) in [6.45, 7) is 6.17. The summed E-state index contributed by atoms with van der Waals surface area (Å²) in [5.74, 6) is 0.254. The van der Waals surface area contributed by atoms with Crippen molar-refractivity contribution >= 4 is 5.91 Å². The molecule has 4 heteroatoms. The largest absolute Gasteiger partial charge is 0.377 e. The molecule has 3 atom stereocenters. The van der Waals surface area contributed by atoms with Gasteiger partial charge in [-0.3, -0.25) is 4.79 Å². The van der Waals surface area contributed by atoms with Crippen LogP contribution in [0.4, 0.5) is 0 Å². The summed E-state index contributed by atoms with van der Waals surface area (Å²) in [5.41, 5.74) is 7.16. The van der Waals surface area contributed by atoms with E-state index in [0.717, 1.165) is 25.1 Å². The van der Waals surface area contributed by atoms with Gasteiger partial charge < -0.3 is 15.8 Å². The smallest absolute Gasteiger partial charge is 0.248 e. The van der Waals surface area contributed by atoms with Crippen molar-refractivity contribution in [1.29, 1.82) is 0 Å². The molecule has 1 saturated heterocycles. The highest BCUT2D eigenvalue weighted by molar-refractivity contribution is 5.92. The lowest BCUT2D eigenvalue weighted by atomic mass is 9.57. The molecule has 1 aromatic carbocycles. The molecule has 3 rings (SSSR count). The molecular formula is C16H22N2O2. The van der Waals surface area contributed by atoms with Gasteiger partial charge in [0.1, 0.15) is 0 Å². The van der Waals surface area contributed by atoms with E-state index >= 15 is 0 Å². The van der Waals surface area contributed by atoms with Crippen LogP contribution in [0.15, 0.2) is 24.3 Å². The number of primary amides is 1. The molecule has 4 nitrogen and oxygen atoms in total. The zero-order valence-corrected chi connectivity index (χ0v) is 12.1. The van der Waals surface area contributed by atoms with Crippen LogP contribution >= 0.6 is 0 Å². The molecule has 2 aliphatic rings. The van der Waals surface area contributed by atoms with E-state index in [1.807, 2.05) is 18.2 Å². The number of ether oxygens (including phenoxy) is 1. The molecule has 20 heavy (non-hydrogen) atoms. The quantitative estimate of drug-likeness (QED) is 0.878. The van der Waals surface area contributed by atoms with Crippen molar-refractivity contribution in [1.82, 2.24) is 5.32 Å². The lowest BCUT2D eigenvalue weighted by Crippen LogP contribution is -2.65. The molecule has 0 spiro atoms. The zero-order valence-electron chi connectivity index (χ0n) is 12.1. The van der Waals surface area contributed by atoms with E-state index < -0.39 is 0 Å². The number of benzene rings is 1. The van der Waals surface area contributed by atoms with Gasteiger partial charge in [-0.05, 0) is 24.1 Å². The van der Waals surface area contributed by atoms with Gasteiger partial charge in [0.05, 0.1) is 6.10 Å². The van der Waals surface area contributed by atoms with Crippen LogP contribution in [-0.4, -0.2) is 24.7 Å². The standard InChI is InChI=1S/C16H22N2O2/c1-16(2)13(12-6-7-20-14(12)16)18-9-10-4-3-5-11(8-10)15(17)19/h3-5,8,12-14,18H,6-7,9H2,1-2H3,(H2,17,19). The highest BCUT2D eigenvalue weighted by Gasteiger charge is 2.58. The Morgan fingerprint density at radius 1 is 1.50 bits per heavy atom. The summed E-state index contributed by atoms with van der Waals surface area (Å²) in [6, 6.07) is 7.99. The van der Waals surface area contributed by atoms with E-state index in [0.29, 0.717) is 23.6 Å². The van der Waals surface area contributed by atoms with Crippen molar-refractivity contribution in [3.05, 3.63) is 35.4 Å². The molecule has 0 bridgehead atoms. The zero-order chi connectivity index (χ0) is 14.3. The van der Waals surface area contributed by atoms with E-state index in [1.54, 1.807) is 6.07 Å². The third-order valence-electron chi connectivity index (χ3n) is 4.84. The SMILES string of the molecule is CC1(C)C(NCc2cccc(C(N)=O)c2)C2CCOC21. The number of nitrogens with one attached hydrogen (secondary N) is 1. The Bertz CT molecular complexity index is 527. The van der Waals surface area contributed by atoms with Gasteiger partial charge >= 0.3 is 0 Å². The Hall–Kier alpha value is -1.39. The van der Waals surface area contributed by atoms with E-state index in [1.165, 1.54) is 0 Å². The average molecular weight is 274 g/mol. The molecule has 1 aliphatic heterocycles. The van der Waals surface area contributed by atoms with Gasteiger partial charge in [-0.15, -0.1) is 0 Å². The Morgan fingerprint density at radius 2 is 2.30 bits per heavy atom. The molecule has 3 N–H and O–H groups in total. The lowest BCUT2D eigenvalue weighted by molar-refractivity contribution is -0.113. The molecule has 2 fully saturated rings. The minimum absolute atomic E-state index is 0.183. The maximum Gasteiger partial charge on any atom is 0.248 e. The van der Waals surface area contributed by atoms with Crippen LogP contribution in [0, 0.1) is 11.3 Å². The van der Waals surface area contributed by atoms with Gasteiger partial charge in [0.2, 0.25) is 5.91 Å². The fraction of sp³-hybridized carbons (Fsp3) is 0.562. The number of carbonyl (C=O) groups excluding carboxylic acids is 1. The van der Waals surface area contributed by atoms with Crippen LogP contribution in [0.3, 0.4) is 0 Å². The van der Waals surface area contributed by atoms with Gasteiger partial charge in [-0.1, -0.05) is 26.0 Å². The molecule has 3 unspecified atom stereocenters. The van der Waals surface area contributed by atoms with Crippen molar-refractivity contribution in [3.8, 4) is 0 Å². The van der Waals surface area contributed by atoms with Crippen LogP contribution in [0.25, 0.3) is 0 Å². The van der Waals surface area contributed by atoms with Crippen molar-refractivity contribution in [2.45, 2.75) is 39.0 Å². The predicted octanol–water partition coefficient (Wildman–Crippen LogP) is 1.69. The summed E-state index contributed by atoms with van der Waals surface area (Å²) in [4.78, 5) is 11.2. The molecule has 1 aliphatic carbocycles. The van der Waals surface area contributed by atoms with E-state index in [4.69, 9.17) is 10.5 Å². The number of amides is 1. The second kappa shape index (κ2) is 4.86. The monoisotopic (exact) mass is 274 g/mol. The number of nitrogens with two attached hydrogens (primary N) is 1. The molecular weight excluding hydrogens is 252 g/mol. The van der Waals surface area contributed by atoms with Gasteiger partial charge in [-0.25, -0.2) is 0 Å². The van der Waals surface area contributed by atoms with Crippen LogP contribution in [0.1, 0.15) is 36.2 Å². The molecule has 1 aromatic rings. The third kappa shape index (κ3) is 2.13. The Balaban J connectivity index is 1.65. The number of fused-ring (bicyclic) bond motifs is 1. The first kappa shape index (κ1) is 13.6. The van der Waals surface area contributed by atoms with E-state index in [2.05, 4.69) is 19.2 Å². The van der Waals surface area contributed by atoms with Crippen LogP contribution in [0.2, 0.25) is 0 Å². The number of carbonyl (C=O) groups is 1. The van der Waals surface area contributed by atoms with Crippen molar-refractivity contribution in [2.75, 3.05) is 6.61 Å². The third-order valence-corrected chi connectivity index (χ3v) is 4.84. The maximum atomic E-state index is 11.2. The number of rotatable bonds is 4. The Labute approximate surface area is 119 Å². The number of hydrogen-bond donors (Lipinski definition) is 2. The summed E-state index contributed by atoms with van der Waals surface area (Å²) >= 11 is 0. The average Bonchev–Trinajstić information content (AvgIpc) is 2.86. The van der Waals surface area contributed by atoms with Gasteiger partial charge in [0.15, 0.2) is 0 Å². The minimum atomic E-state index is -0.375. The molecule has 1 amide bonds. The molecule has 108 valence electrons. The van der Waals surface area contributed by atoms with E-state index in [9.17, 15) is 4.79 Å². The fourth-order valence-electron chi connectivity index (χ4n) is 3.80. The highest BCUT2D eigenvalue weighted by Crippen LogP contribution is 2.52. The minimum Gasteiger partial charge on any atom is -0.377 e. The van der Waals surface area contributed by atoms with E-state index in [-0.39, 0.29) is 11.3 Å². The number of hydrogen-bond acceptors (Lipinski definition) is 3. The summed E-state index contributed by atoms with van der Waals surface area (Å²) < 4.78 is 5.80. The van der Waals surface area contributed by atoms with Crippen molar-refractivity contribution < 1.29 is 9.53 Å². The first-order valence-corrected chi connectivity index (χ1v) is 7.24. The van der Waals surface area contributed by atoms with Gasteiger partial charge in [0, 0.05) is 36.1 Å².